The molecule has 4 N–H and O–H groups in total. The van der Waals surface area contributed by atoms with E-state index in [4.69, 9.17) is 10.5 Å². The number of aromatic nitrogens is 1. The smallest absolute Gasteiger partial charge is 0.237 e. The number of nitrogens with one attached hydrogen (secondary N) is 2. The first kappa shape index (κ1) is 17.8. The molecule has 1 aliphatic rings. The summed E-state index contributed by atoms with van der Waals surface area (Å²) in [4.78, 5) is 15.4. The molecule has 0 bridgehead atoms. The van der Waals surface area contributed by atoms with E-state index in [1.54, 1.807) is 0 Å². The number of H-pyrrole nitrogens is 1. The lowest BCUT2D eigenvalue weighted by Crippen LogP contribution is -2.44. The van der Waals surface area contributed by atoms with Gasteiger partial charge in [-0.1, -0.05) is 18.2 Å². The van der Waals surface area contributed by atoms with Gasteiger partial charge in [0.05, 0.1) is 12.6 Å². The number of rotatable bonds is 5. The van der Waals surface area contributed by atoms with E-state index >= 15 is 0 Å². The average Bonchev–Trinajstić information content (AvgIpc) is 2.97. The summed E-state index contributed by atoms with van der Waals surface area (Å²) in [6.45, 7) is 2.23. The predicted octanol–water partition coefficient (Wildman–Crippen LogP) is 2.00. The van der Waals surface area contributed by atoms with E-state index in [1.807, 2.05) is 30.5 Å². The van der Waals surface area contributed by atoms with Crippen LogP contribution in [0.1, 0.15) is 18.4 Å². The van der Waals surface area contributed by atoms with Crippen molar-refractivity contribution in [3.8, 4) is 0 Å². The molecule has 3 rings (SSSR count). The van der Waals surface area contributed by atoms with Crippen LogP contribution in [-0.2, 0) is 16.0 Å². The monoisotopic (exact) mass is 337 g/mol. The summed E-state index contributed by atoms with van der Waals surface area (Å²) >= 11 is 0. The molecular formula is C17H24ClN3O2. The highest BCUT2D eigenvalue weighted by atomic mass is 35.5. The highest BCUT2D eigenvalue weighted by molar-refractivity contribution is 5.86. The first-order valence-electron chi connectivity index (χ1n) is 7.90. The molecule has 1 aromatic heterocycles. The standard InChI is InChI=1S/C17H23N3O2.ClH/c18-15(17(21)20-9-12-4-3-7-22-11-12)8-13-10-19-16-6-2-1-5-14(13)16;/h1-2,5-6,10,12,15,19H,3-4,7-9,11,18H2,(H,20,21);1H/t12?,15-;/m0./s1. The Balaban J connectivity index is 0.00000192. The van der Waals surface area contributed by atoms with E-state index in [2.05, 4.69) is 10.3 Å². The zero-order chi connectivity index (χ0) is 15.4. The number of hydrogen-bond donors (Lipinski definition) is 3. The maximum absolute atomic E-state index is 12.2. The summed E-state index contributed by atoms with van der Waals surface area (Å²) in [6, 6.07) is 7.53. The minimum atomic E-state index is -0.524. The molecule has 0 aliphatic carbocycles. The van der Waals surface area contributed by atoms with Crippen molar-refractivity contribution in [1.82, 2.24) is 10.3 Å². The van der Waals surface area contributed by atoms with E-state index in [-0.39, 0.29) is 18.3 Å². The van der Waals surface area contributed by atoms with Crippen LogP contribution in [0.5, 0.6) is 0 Å². The van der Waals surface area contributed by atoms with Gasteiger partial charge in [-0.15, -0.1) is 12.4 Å². The first-order chi connectivity index (χ1) is 10.7. The summed E-state index contributed by atoms with van der Waals surface area (Å²) in [5.41, 5.74) is 8.21. The van der Waals surface area contributed by atoms with Crippen LogP contribution in [0.2, 0.25) is 0 Å². The van der Waals surface area contributed by atoms with E-state index in [1.165, 1.54) is 0 Å². The highest BCUT2D eigenvalue weighted by Gasteiger charge is 2.19. The number of nitrogens with two attached hydrogens (primary N) is 1. The third-order valence-corrected chi connectivity index (χ3v) is 4.27. The van der Waals surface area contributed by atoms with Crippen LogP contribution in [0.4, 0.5) is 0 Å². The molecule has 1 aromatic carbocycles. The number of aromatic amines is 1. The lowest BCUT2D eigenvalue weighted by molar-refractivity contribution is -0.122. The number of carbonyl (C=O) groups excluding carboxylic acids is 1. The number of ether oxygens (including phenoxy) is 1. The number of carbonyl (C=O) groups is 1. The second kappa shape index (κ2) is 8.34. The lowest BCUT2D eigenvalue weighted by atomic mass is 10.0. The Bertz CT molecular complexity index is 638. The fraction of sp³-hybridized carbons (Fsp3) is 0.471. The van der Waals surface area contributed by atoms with Gasteiger partial charge in [0.1, 0.15) is 0 Å². The molecule has 126 valence electrons. The molecule has 0 saturated carbocycles. The van der Waals surface area contributed by atoms with Crippen LogP contribution < -0.4 is 11.1 Å². The van der Waals surface area contributed by atoms with Crippen molar-refractivity contribution in [2.75, 3.05) is 19.8 Å². The topological polar surface area (TPSA) is 80.1 Å². The molecule has 5 nitrogen and oxygen atoms in total. The number of fused-ring (bicyclic) bond motifs is 1. The van der Waals surface area contributed by atoms with Crippen molar-refractivity contribution in [3.63, 3.8) is 0 Å². The average molecular weight is 338 g/mol. The largest absolute Gasteiger partial charge is 0.381 e. The SMILES string of the molecule is Cl.N[C@@H](Cc1c[nH]c2ccccc12)C(=O)NCC1CCCOC1. The Morgan fingerprint density at radius 1 is 1.43 bits per heavy atom. The van der Waals surface area contributed by atoms with E-state index in [9.17, 15) is 4.79 Å². The Morgan fingerprint density at radius 2 is 2.26 bits per heavy atom. The van der Waals surface area contributed by atoms with Gasteiger partial charge >= 0.3 is 0 Å². The van der Waals surface area contributed by atoms with Gasteiger partial charge in [-0.25, -0.2) is 0 Å². The zero-order valence-electron chi connectivity index (χ0n) is 13.1. The molecule has 6 heteroatoms. The summed E-state index contributed by atoms with van der Waals surface area (Å²) < 4.78 is 5.42. The molecule has 1 saturated heterocycles. The van der Waals surface area contributed by atoms with Crippen molar-refractivity contribution in [2.24, 2.45) is 11.7 Å². The third-order valence-electron chi connectivity index (χ3n) is 4.27. The van der Waals surface area contributed by atoms with Gasteiger partial charge in [0.2, 0.25) is 5.91 Å². The second-order valence-electron chi connectivity index (χ2n) is 6.00. The van der Waals surface area contributed by atoms with Crippen molar-refractivity contribution < 1.29 is 9.53 Å². The van der Waals surface area contributed by atoms with E-state index in [0.717, 1.165) is 42.5 Å². The quantitative estimate of drug-likeness (QED) is 0.780. The number of para-hydroxylation sites is 1. The molecular weight excluding hydrogens is 314 g/mol. The summed E-state index contributed by atoms with van der Waals surface area (Å²) in [5.74, 6) is 0.328. The van der Waals surface area contributed by atoms with Crippen LogP contribution >= 0.6 is 12.4 Å². The summed E-state index contributed by atoms with van der Waals surface area (Å²) in [7, 11) is 0. The normalized spacial score (nSPS) is 19.1. The minimum absolute atomic E-state index is 0. The van der Waals surface area contributed by atoms with Crippen LogP contribution in [0.25, 0.3) is 10.9 Å². The molecule has 2 atom stereocenters. The van der Waals surface area contributed by atoms with Crippen LogP contribution in [0.15, 0.2) is 30.5 Å². The van der Waals surface area contributed by atoms with Crippen molar-refractivity contribution in [1.29, 1.82) is 0 Å². The molecule has 0 radical (unpaired) electrons. The molecule has 2 heterocycles. The first-order valence-corrected chi connectivity index (χ1v) is 7.90. The van der Waals surface area contributed by atoms with Crippen LogP contribution in [0, 0.1) is 5.92 Å². The van der Waals surface area contributed by atoms with Gasteiger partial charge < -0.3 is 20.8 Å². The fourth-order valence-corrected chi connectivity index (χ4v) is 2.97. The van der Waals surface area contributed by atoms with Gasteiger partial charge in [0, 0.05) is 30.3 Å². The Hall–Kier alpha value is -1.56. The Kier molecular flexibility index (Phi) is 6.45. The summed E-state index contributed by atoms with van der Waals surface area (Å²) in [5, 5.41) is 4.09. The number of hydrogen-bond acceptors (Lipinski definition) is 3. The van der Waals surface area contributed by atoms with Crippen molar-refractivity contribution in [3.05, 3.63) is 36.0 Å². The van der Waals surface area contributed by atoms with Gasteiger partial charge in [-0.05, 0) is 36.8 Å². The third kappa shape index (κ3) is 4.47. The molecule has 23 heavy (non-hydrogen) atoms. The van der Waals surface area contributed by atoms with Gasteiger partial charge in [0.15, 0.2) is 0 Å². The molecule has 1 unspecified atom stereocenters. The predicted molar refractivity (Wildman–Crippen MR) is 93.8 cm³/mol. The highest BCUT2D eigenvalue weighted by Crippen LogP contribution is 2.19. The van der Waals surface area contributed by atoms with Crippen LogP contribution in [0.3, 0.4) is 0 Å². The van der Waals surface area contributed by atoms with E-state index in [0.29, 0.717) is 18.9 Å². The van der Waals surface area contributed by atoms with Crippen molar-refractivity contribution in [2.45, 2.75) is 25.3 Å². The van der Waals surface area contributed by atoms with E-state index < -0.39 is 6.04 Å². The van der Waals surface area contributed by atoms with Crippen molar-refractivity contribution >= 4 is 29.2 Å². The lowest BCUT2D eigenvalue weighted by Gasteiger charge is -2.23. The maximum Gasteiger partial charge on any atom is 0.237 e. The molecule has 1 amide bonds. The Labute approximate surface area is 142 Å². The molecule has 0 spiro atoms. The molecule has 2 aromatic rings. The van der Waals surface area contributed by atoms with Gasteiger partial charge in [-0.2, -0.15) is 0 Å². The Morgan fingerprint density at radius 3 is 3.04 bits per heavy atom. The minimum Gasteiger partial charge on any atom is -0.381 e. The number of amides is 1. The second-order valence-corrected chi connectivity index (χ2v) is 6.00. The molecule has 1 aliphatic heterocycles. The fourth-order valence-electron chi connectivity index (χ4n) is 2.97. The maximum atomic E-state index is 12.2. The van der Waals surface area contributed by atoms with Gasteiger partial charge in [-0.3, -0.25) is 4.79 Å². The number of benzene rings is 1. The number of halogens is 1. The molecule has 1 fully saturated rings. The van der Waals surface area contributed by atoms with Gasteiger partial charge in [0.25, 0.3) is 0 Å². The van der Waals surface area contributed by atoms with Crippen LogP contribution in [-0.4, -0.2) is 36.7 Å². The summed E-state index contributed by atoms with van der Waals surface area (Å²) in [6.07, 6.45) is 4.66. The zero-order valence-corrected chi connectivity index (χ0v) is 13.9.